The molecule has 3 N–H and O–H groups in total. The number of nitrogens with zero attached hydrogens (tertiary/aromatic N) is 4. The van der Waals surface area contributed by atoms with Gasteiger partial charge in [-0.25, -0.2) is 19.6 Å². The molecule has 14 nitrogen and oxygen atoms in total. The van der Waals surface area contributed by atoms with Crippen molar-refractivity contribution < 1.29 is 46.5 Å². The number of alkyl halides is 3. The number of H-pyrrole nitrogens is 2. The van der Waals surface area contributed by atoms with E-state index < -0.39 is 60.3 Å². The Morgan fingerprint density at radius 1 is 0.951 bits per heavy atom. The van der Waals surface area contributed by atoms with Gasteiger partial charge in [0.05, 0.1) is 54.6 Å². The van der Waals surface area contributed by atoms with Crippen LogP contribution in [0.25, 0.3) is 44.2 Å². The molecule has 8 rings (SSSR count). The Labute approximate surface area is 350 Å². The van der Waals surface area contributed by atoms with Crippen molar-refractivity contribution in [2.45, 2.75) is 84.0 Å². The number of imidazole rings is 2. The molecule has 3 amide bonds. The molecule has 61 heavy (non-hydrogen) atoms. The number of halogens is 3. The number of ether oxygens (including phenoxy) is 4. The van der Waals surface area contributed by atoms with Crippen LogP contribution in [0.4, 0.5) is 22.8 Å². The van der Waals surface area contributed by atoms with Crippen molar-refractivity contribution in [3.8, 4) is 28.1 Å². The van der Waals surface area contributed by atoms with Gasteiger partial charge in [0.25, 0.3) is 0 Å². The molecule has 0 saturated carbocycles. The molecule has 5 heterocycles. The molecular weight excluding hydrogens is 796 g/mol. The summed E-state index contributed by atoms with van der Waals surface area (Å²) in [5.41, 5.74) is 5.02. The number of alkyl carbamates (subject to hydrolysis) is 1. The predicted molar refractivity (Wildman–Crippen MR) is 219 cm³/mol. The smallest absolute Gasteiger partial charge is 0.410 e. The quantitative estimate of drug-likeness (QED) is 0.139. The van der Waals surface area contributed by atoms with Crippen LogP contribution < -0.4 is 10.1 Å². The van der Waals surface area contributed by atoms with Crippen LogP contribution in [-0.4, -0.2) is 99.6 Å². The van der Waals surface area contributed by atoms with Crippen molar-refractivity contribution in [2.75, 3.05) is 33.9 Å². The van der Waals surface area contributed by atoms with Crippen LogP contribution in [0.1, 0.15) is 76.8 Å². The lowest BCUT2D eigenvalue weighted by molar-refractivity contribution is -0.171. The summed E-state index contributed by atoms with van der Waals surface area (Å²) in [5, 5.41) is 4.32. The lowest BCUT2D eigenvalue weighted by Gasteiger charge is -2.30. The van der Waals surface area contributed by atoms with E-state index in [-0.39, 0.29) is 30.8 Å². The van der Waals surface area contributed by atoms with E-state index in [0.717, 1.165) is 56.1 Å². The summed E-state index contributed by atoms with van der Waals surface area (Å²) in [6.45, 7) is 9.65. The van der Waals surface area contributed by atoms with Crippen molar-refractivity contribution in [2.24, 2.45) is 17.8 Å². The van der Waals surface area contributed by atoms with Crippen LogP contribution in [0, 0.1) is 17.8 Å². The van der Waals surface area contributed by atoms with E-state index in [1.165, 1.54) is 0 Å². The molecule has 0 aliphatic carbocycles. The third-order valence-electron chi connectivity index (χ3n) is 11.8. The molecular formula is C44H50F3N7O7. The summed E-state index contributed by atoms with van der Waals surface area (Å²) in [6.07, 6.45) is -3.92. The Bertz CT molecular complexity index is 2490. The molecule has 0 bridgehead atoms. The van der Waals surface area contributed by atoms with Gasteiger partial charge in [-0.15, -0.1) is 0 Å². The van der Waals surface area contributed by atoms with E-state index >= 15 is 0 Å². The number of carbonyl (C=O) groups excluding carboxylic acids is 3. The molecule has 3 aliphatic rings. The predicted octanol–water partition coefficient (Wildman–Crippen LogP) is 8.44. The van der Waals surface area contributed by atoms with Crippen LogP contribution in [0.15, 0.2) is 48.7 Å². The molecule has 2 fully saturated rings. The Hall–Kier alpha value is -5.84. The van der Waals surface area contributed by atoms with Crippen molar-refractivity contribution in [3.05, 3.63) is 65.9 Å². The van der Waals surface area contributed by atoms with Crippen LogP contribution >= 0.6 is 0 Å². The molecule has 3 aromatic carbocycles. The molecule has 5 unspecified atom stereocenters. The van der Waals surface area contributed by atoms with Crippen molar-refractivity contribution in [1.82, 2.24) is 35.1 Å². The van der Waals surface area contributed by atoms with Gasteiger partial charge in [0.2, 0.25) is 5.91 Å². The van der Waals surface area contributed by atoms with Gasteiger partial charge >= 0.3 is 18.4 Å². The molecule has 2 aromatic heterocycles. The van der Waals surface area contributed by atoms with Gasteiger partial charge in [0.1, 0.15) is 35.6 Å². The average molecular weight is 846 g/mol. The maximum absolute atomic E-state index is 14.1. The van der Waals surface area contributed by atoms with Crippen LogP contribution in [0.3, 0.4) is 0 Å². The molecule has 0 spiro atoms. The van der Waals surface area contributed by atoms with Gasteiger partial charge in [0, 0.05) is 37.1 Å². The highest BCUT2D eigenvalue weighted by Gasteiger charge is 2.51. The Kier molecular flexibility index (Phi) is 10.9. The molecule has 3 aliphatic heterocycles. The largest absolute Gasteiger partial charge is 0.488 e. The molecule has 17 heteroatoms. The number of amides is 3. The van der Waals surface area contributed by atoms with Gasteiger partial charge in [-0.05, 0) is 85.9 Å². The van der Waals surface area contributed by atoms with Gasteiger partial charge in [-0.3, -0.25) is 9.69 Å². The third kappa shape index (κ3) is 8.19. The van der Waals surface area contributed by atoms with E-state index in [0.29, 0.717) is 36.8 Å². The number of methoxy groups -OCH3 is 2. The molecule has 5 aromatic rings. The van der Waals surface area contributed by atoms with Crippen LogP contribution in [0.5, 0.6) is 5.75 Å². The minimum atomic E-state index is -4.53. The Balaban J connectivity index is 1.06. The highest BCUT2D eigenvalue weighted by Crippen LogP contribution is 2.45. The van der Waals surface area contributed by atoms with E-state index in [4.69, 9.17) is 19.2 Å². The topological polar surface area (TPSA) is 164 Å². The number of nitrogens with one attached hydrogen (secondary N) is 3. The molecule has 324 valence electrons. The SMILES string of the molecule is COCC1CC(c2nc3c(ccc4cc5c(cc43)OCc3cc(-c4cnc(C6CC(C(F)(F)F)CN6C(=O)C(NC(=O)OC)C(C)C)[nH]4)ccc3-5)[nH]2)N(C(=O)OC(C)(C)C)C1. The summed E-state index contributed by atoms with van der Waals surface area (Å²) in [7, 11) is 2.81. The second-order valence-corrected chi connectivity index (χ2v) is 17.5. The zero-order valence-corrected chi connectivity index (χ0v) is 35.1. The van der Waals surface area contributed by atoms with Crippen molar-refractivity contribution >= 4 is 39.9 Å². The van der Waals surface area contributed by atoms with Gasteiger partial charge in [-0.1, -0.05) is 32.0 Å². The standard InChI is InChI=1S/C44H50F3N7O7/c1-22(2)36(52-41(56)59-7)40(55)53-19-27(44(45,46)47)15-34(53)38-48-17-32(50-38)25-8-10-28-26(13-25)21-60-35-16-29-24(14-30(28)35)9-11-31-37(29)51-39(49-31)33-12-23(20-58-6)18-54(33)42(57)61-43(3,4)5/h8-11,13-14,16-17,22-23,27,33-34,36H,12,15,18-21H2,1-7H3,(H,48,50)(H,49,51)(H,52,56). The summed E-state index contributed by atoms with van der Waals surface area (Å²) >= 11 is 0. The number of hydrogen-bond acceptors (Lipinski definition) is 9. The number of benzene rings is 3. The minimum Gasteiger partial charge on any atom is -0.488 e. The fraction of sp³-hybridized carbons (Fsp3) is 0.477. The first-order chi connectivity index (χ1) is 28.9. The van der Waals surface area contributed by atoms with E-state index in [1.807, 2.05) is 57.2 Å². The zero-order chi connectivity index (χ0) is 43.5. The van der Waals surface area contributed by atoms with E-state index in [2.05, 4.69) is 31.1 Å². The van der Waals surface area contributed by atoms with Gasteiger partial charge in [-0.2, -0.15) is 13.2 Å². The number of likely N-dealkylation sites (tertiary alicyclic amines) is 2. The first-order valence-corrected chi connectivity index (χ1v) is 20.4. The van der Waals surface area contributed by atoms with E-state index in [1.54, 1.807) is 32.1 Å². The highest BCUT2D eigenvalue weighted by atomic mass is 19.4. The third-order valence-corrected chi connectivity index (χ3v) is 11.8. The summed E-state index contributed by atoms with van der Waals surface area (Å²) in [5.74, 6) is -1.11. The Morgan fingerprint density at radius 3 is 2.43 bits per heavy atom. The number of rotatable bonds is 8. The second kappa shape index (κ2) is 15.9. The van der Waals surface area contributed by atoms with Gasteiger partial charge in [0.15, 0.2) is 0 Å². The lowest BCUT2D eigenvalue weighted by atomic mass is 9.92. The normalized spacial score (nSPS) is 20.8. The molecule has 2 saturated heterocycles. The highest BCUT2D eigenvalue weighted by molar-refractivity contribution is 6.07. The Morgan fingerprint density at radius 2 is 1.72 bits per heavy atom. The first-order valence-electron chi connectivity index (χ1n) is 20.4. The monoisotopic (exact) mass is 845 g/mol. The minimum absolute atomic E-state index is 0.129. The van der Waals surface area contributed by atoms with E-state index in [9.17, 15) is 27.6 Å². The average Bonchev–Trinajstić information content (AvgIpc) is 4.03. The number of aromatic amines is 2. The first kappa shape index (κ1) is 41.9. The lowest BCUT2D eigenvalue weighted by Crippen LogP contribution is -2.51. The summed E-state index contributed by atoms with van der Waals surface area (Å²) in [4.78, 5) is 58.2. The maximum Gasteiger partial charge on any atom is 0.410 e. The number of carbonyl (C=O) groups is 3. The van der Waals surface area contributed by atoms with Crippen molar-refractivity contribution in [3.63, 3.8) is 0 Å². The van der Waals surface area contributed by atoms with Crippen molar-refractivity contribution in [1.29, 1.82) is 0 Å². The number of hydrogen-bond donors (Lipinski definition) is 3. The maximum atomic E-state index is 14.1. The molecule has 0 radical (unpaired) electrons. The van der Waals surface area contributed by atoms with Crippen LogP contribution in [-0.2, 0) is 25.6 Å². The summed E-state index contributed by atoms with van der Waals surface area (Å²) in [6, 6.07) is 11.5. The fourth-order valence-corrected chi connectivity index (χ4v) is 8.80. The summed E-state index contributed by atoms with van der Waals surface area (Å²) < 4.78 is 64.5. The number of fused-ring (bicyclic) bond motifs is 6. The van der Waals surface area contributed by atoms with Gasteiger partial charge < -0.3 is 39.1 Å². The van der Waals surface area contributed by atoms with Crippen LogP contribution in [0.2, 0.25) is 0 Å². The second-order valence-electron chi connectivity index (χ2n) is 17.5. The number of aromatic nitrogens is 4. The zero-order valence-electron chi connectivity index (χ0n) is 35.1. The fourth-order valence-electron chi connectivity index (χ4n) is 8.80. The molecule has 5 atom stereocenters.